The van der Waals surface area contributed by atoms with Gasteiger partial charge in [-0.25, -0.2) is 0 Å². The van der Waals surface area contributed by atoms with Crippen molar-refractivity contribution in [1.29, 1.82) is 0 Å². The van der Waals surface area contributed by atoms with Gasteiger partial charge in [-0.1, -0.05) is 0 Å². The molecule has 2 aliphatic heterocycles. The van der Waals surface area contributed by atoms with E-state index < -0.39 is 0 Å². The van der Waals surface area contributed by atoms with Crippen LogP contribution in [0.5, 0.6) is 0 Å². The summed E-state index contributed by atoms with van der Waals surface area (Å²) in [5.41, 5.74) is 5.66. The Labute approximate surface area is 110 Å². The first-order chi connectivity index (χ1) is 8.58. The summed E-state index contributed by atoms with van der Waals surface area (Å²) in [6, 6.07) is -0.343. The van der Waals surface area contributed by atoms with E-state index in [9.17, 15) is 4.79 Å². The summed E-state index contributed by atoms with van der Waals surface area (Å²) in [6.07, 6.45) is 5.02. The Balaban J connectivity index is 1.78. The number of piperidine rings is 2. The molecule has 0 aromatic heterocycles. The second-order valence-electron chi connectivity index (χ2n) is 6.09. The van der Waals surface area contributed by atoms with Crippen LogP contribution in [0.25, 0.3) is 0 Å². The molecule has 0 radical (unpaired) electrons. The lowest BCUT2D eigenvalue weighted by Crippen LogP contribution is -2.47. The minimum absolute atomic E-state index is 0.122. The summed E-state index contributed by atoms with van der Waals surface area (Å²) in [5, 5.41) is 0. The minimum Gasteiger partial charge on any atom is -0.341 e. The maximum Gasteiger partial charge on any atom is 0.239 e. The van der Waals surface area contributed by atoms with Crippen LogP contribution in [0.3, 0.4) is 0 Å². The summed E-state index contributed by atoms with van der Waals surface area (Å²) in [6.45, 7) is 6.09. The molecule has 0 spiro atoms. The van der Waals surface area contributed by atoms with Gasteiger partial charge in [0, 0.05) is 13.1 Å². The van der Waals surface area contributed by atoms with E-state index >= 15 is 0 Å². The summed E-state index contributed by atoms with van der Waals surface area (Å²) in [7, 11) is 2.21. The van der Waals surface area contributed by atoms with Crippen LogP contribution in [0.15, 0.2) is 0 Å². The third kappa shape index (κ3) is 3.23. The highest BCUT2D eigenvalue weighted by molar-refractivity contribution is 5.81. The van der Waals surface area contributed by atoms with Crippen molar-refractivity contribution in [2.24, 2.45) is 17.6 Å². The molecule has 0 aromatic rings. The third-order valence-corrected chi connectivity index (χ3v) is 4.67. The highest BCUT2D eigenvalue weighted by atomic mass is 16.2. The molecule has 0 unspecified atom stereocenters. The predicted octanol–water partition coefficient (Wildman–Crippen LogP) is 0.914. The number of carbonyl (C=O) groups is 1. The molecular formula is C14H27N3O. The van der Waals surface area contributed by atoms with Crippen molar-refractivity contribution in [3.63, 3.8) is 0 Å². The Bertz CT molecular complexity index is 277. The second kappa shape index (κ2) is 6.02. The number of nitrogens with two attached hydrogens (primary N) is 1. The summed E-state index contributed by atoms with van der Waals surface area (Å²) in [4.78, 5) is 16.2. The van der Waals surface area contributed by atoms with Crippen molar-refractivity contribution in [1.82, 2.24) is 9.80 Å². The lowest BCUT2D eigenvalue weighted by Gasteiger charge is -2.39. The van der Waals surface area contributed by atoms with E-state index in [0.717, 1.165) is 24.9 Å². The molecule has 0 bridgehead atoms. The van der Waals surface area contributed by atoms with Gasteiger partial charge in [0.15, 0.2) is 0 Å². The van der Waals surface area contributed by atoms with Gasteiger partial charge in [-0.15, -0.1) is 0 Å². The van der Waals surface area contributed by atoms with Gasteiger partial charge in [-0.3, -0.25) is 4.79 Å². The molecule has 1 atom stereocenters. The highest BCUT2D eigenvalue weighted by Crippen LogP contribution is 2.32. The van der Waals surface area contributed by atoms with Gasteiger partial charge >= 0.3 is 0 Å². The van der Waals surface area contributed by atoms with Gasteiger partial charge in [-0.05, 0) is 64.6 Å². The van der Waals surface area contributed by atoms with Crippen molar-refractivity contribution in [2.75, 3.05) is 33.2 Å². The number of likely N-dealkylation sites (tertiary alicyclic amines) is 2. The van der Waals surface area contributed by atoms with Gasteiger partial charge in [0.2, 0.25) is 5.91 Å². The molecule has 2 rings (SSSR count). The number of hydrogen-bond acceptors (Lipinski definition) is 3. The molecule has 0 saturated carbocycles. The Morgan fingerprint density at radius 2 is 1.50 bits per heavy atom. The highest BCUT2D eigenvalue weighted by Gasteiger charge is 2.30. The van der Waals surface area contributed by atoms with E-state index in [1.54, 1.807) is 6.92 Å². The van der Waals surface area contributed by atoms with E-state index in [1.165, 1.54) is 38.8 Å². The van der Waals surface area contributed by atoms with E-state index in [4.69, 9.17) is 5.73 Å². The van der Waals surface area contributed by atoms with Crippen LogP contribution in [0.1, 0.15) is 32.6 Å². The van der Waals surface area contributed by atoms with Crippen molar-refractivity contribution in [3.8, 4) is 0 Å². The fraction of sp³-hybridized carbons (Fsp3) is 0.929. The van der Waals surface area contributed by atoms with E-state index in [1.807, 2.05) is 4.90 Å². The molecule has 2 fully saturated rings. The van der Waals surface area contributed by atoms with Gasteiger partial charge in [-0.2, -0.15) is 0 Å². The number of rotatable bonds is 2. The van der Waals surface area contributed by atoms with Crippen LogP contribution in [0, 0.1) is 11.8 Å². The van der Waals surface area contributed by atoms with Crippen LogP contribution < -0.4 is 5.73 Å². The fourth-order valence-electron chi connectivity index (χ4n) is 3.38. The van der Waals surface area contributed by atoms with Crippen LogP contribution >= 0.6 is 0 Å². The normalized spacial score (nSPS) is 26.3. The number of hydrogen-bond donors (Lipinski definition) is 1. The summed E-state index contributed by atoms with van der Waals surface area (Å²) >= 11 is 0. The molecule has 18 heavy (non-hydrogen) atoms. The predicted molar refractivity (Wildman–Crippen MR) is 73.2 cm³/mol. The maximum atomic E-state index is 11.8. The average Bonchev–Trinajstić information content (AvgIpc) is 2.39. The van der Waals surface area contributed by atoms with Gasteiger partial charge in [0.1, 0.15) is 0 Å². The van der Waals surface area contributed by atoms with Crippen LogP contribution in [-0.2, 0) is 4.79 Å². The molecule has 2 saturated heterocycles. The second-order valence-corrected chi connectivity index (χ2v) is 6.09. The quantitative estimate of drug-likeness (QED) is 0.796. The molecule has 2 heterocycles. The van der Waals surface area contributed by atoms with Crippen LogP contribution in [0.4, 0.5) is 0 Å². The average molecular weight is 253 g/mol. The molecule has 104 valence electrons. The number of amides is 1. The maximum absolute atomic E-state index is 11.8. The fourth-order valence-corrected chi connectivity index (χ4v) is 3.38. The third-order valence-electron chi connectivity index (χ3n) is 4.67. The van der Waals surface area contributed by atoms with E-state index in [-0.39, 0.29) is 11.9 Å². The SMILES string of the molecule is C[C@H](N)C(=O)N1CCC(C2CCN(C)CC2)CC1. The molecule has 2 aliphatic rings. The first kappa shape index (κ1) is 13.8. The smallest absolute Gasteiger partial charge is 0.239 e. The van der Waals surface area contributed by atoms with E-state index in [0.29, 0.717) is 0 Å². The Morgan fingerprint density at radius 3 is 1.94 bits per heavy atom. The monoisotopic (exact) mass is 253 g/mol. The summed E-state index contributed by atoms with van der Waals surface area (Å²) < 4.78 is 0. The van der Waals surface area contributed by atoms with Gasteiger partial charge in [0.25, 0.3) is 0 Å². The van der Waals surface area contributed by atoms with Crippen molar-refractivity contribution in [2.45, 2.75) is 38.6 Å². The topological polar surface area (TPSA) is 49.6 Å². The van der Waals surface area contributed by atoms with Gasteiger partial charge < -0.3 is 15.5 Å². The van der Waals surface area contributed by atoms with Crippen molar-refractivity contribution in [3.05, 3.63) is 0 Å². The molecular weight excluding hydrogens is 226 g/mol. The van der Waals surface area contributed by atoms with Crippen molar-refractivity contribution < 1.29 is 4.79 Å². The minimum atomic E-state index is -0.343. The Kier molecular flexibility index (Phi) is 4.62. The zero-order valence-electron chi connectivity index (χ0n) is 11.8. The first-order valence-electron chi connectivity index (χ1n) is 7.31. The molecule has 0 aromatic carbocycles. The molecule has 1 amide bonds. The molecule has 0 aliphatic carbocycles. The van der Waals surface area contributed by atoms with Crippen LogP contribution in [-0.4, -0.2) is 55.0 Å². The number of nitrogens with zero attached hydrogens (tertiary/aromatic N) is 2. The number of carbonyl (C=O) groups excluding carboxylic acids is 1. The zero-order valence-corrected chi connectivity index (χ0v) is 11.8. The summed E-state index contributed by atoms with van der Waals surface area (Å²) in [5.74, 6) is 1.83. The van der Waals surface area contributed by atoms with Crippen LogP contribution in [0.2, 0.25) is 0 Å². The molecule has 4 heteroatoms. The standard InChI is InChI=1S/C14H27N3O/c1-11(15)14(18)17-9-5-13(6-10-17)12-3-7-16(2)8-4-12/h11-13H,3-10,15H2,1-2H3/t11-/m0/s1. The first-order valence-corrected chi connectivity index (χ1v) is 7.31. The van der Waals surface area contributed by atoms with Gasteiger partial charge in [0.05, 0.1) is 6.04 Å². The lowest BCUT2D eigenvalue weighted by atomic mass is 9.79. The lowest BCUT2D eigenvalue weighted by molar-refractivity contribution is -0.133. The van der Waals surface area contributed by atoms with Crippen molar-refractivity contribution >= 4 is 5.91 Å². The molecule has 2 N–H and O–H groups in total. The zero-order chi connectivity index (χ0) is 13.1. The Hall–Kier alpha value is -0.610. The van der Waals surface area contributed by atoms with E-state index in [2.05, 4.69) is 11.9 Å². The largest absolute Gasteiger partial charge is 0.341 e. The molecule has 4 nitrogen and oxygen atoms in total. The Morgan fingerprint density at radius 1 is 1.06 bits per heavy atom.